The maximum atomic E-state index is 9.93. The first-order valence-corrected chi connectivity index (χ1v) is 4.21. The van der Waals surface area contributed by atoms with Gasteiger partial charge in [-0.05, 0) is 19.1 Å². The van der Waals surface area contributed by atoms with Gasteiger partial charge in [0.15, 0.2) is 0 Å². The van der Waals surface area contributed by atoms with Crippen molar-refractivity contribution >= 4 is 11.6 Å². The molecule has 3 nitrogen and oxygen atoms in total. The predicted molar refractivity (Wildman–Crippen MR) is 55.2 cm³/mol. The van der Waals surface area contributed by atoms with Crippen molar-refractivity contribution in [1.29, 1.82) is 0 Å². The molecule has 13 heavy (non-hydrogen) atoms. The molecule has 72 valence electrons. The molecular weight excluding hydrogens is 164 g/mol. The third-order valence-electron chi connectivity index (χ3n) is 1.23. The van der Waals surface area contributed by atoms with Gasteiger partial charge in [0.2, 0.25) is 5.91 Å². The average molecular weight is 180 g/mol. The zero-order valence-corrected chi connectivity index (χ0v) is 8.08. The molecule has 0 saturated heterocycles. The van der Waals surface area contributed by atoms with Crippen LogP contribution in [0.2, 0.25) is 0 Å². The topological polar surface area (TPSA) is 55.1 Å². The molecule has 0 heterocycles. The van der Waals surface area contributed by atoms with E-state index in [0.717, 1.165) is 12.2 Å². The number of carbonyl (C=O) groups is 1. The lowest BCUT2D eigenvalue weighted by Crippen LogP contribution is -2.18. The number of rotatable bonds is 1. The van der Waals surface area contributed by atoms with Crippen molar-refractivity contribution in [1.82, 2.24) is 5.32 Å². The molecule has 0 aliphatic heterocycles. The van der Waals surface area contributed by atoms with E-state index in [4.69, 9.17) is 5.73 Å². The first kappa shape index (κ1) is 11.5. The number of para-hydroxylation sites is 1. The summed E-state index contributed by atoms with van der Waals surface area (Å²) in [5.41, 5.74) is 6.18. The van der Waals surface area contributed by atoms with Gasteiger partial charge in [0.25, 0.3) is 0 Å². The Morgan fingerprint density at radius 3 is 2.08 bits per heavy atom. The van der Waals surface area contributed by atoms with Gasteiger partial charge in [0.1, 0.15) is 0 Å². The highest BCUT2D eigenvalue weighted by Crippen LogP contribution is 1.95. The Labute approximate surface area is 78.9 Å². The Bertz CT molecular complexity index is 234. The van der Waals surface area contributed by atoms with E-state index in [-0.39, 0.29) is 5.91 Å². The molecule has 0 aliphatic carbocycles. The Morgan fingerprint density at radius 2 is 1.92 bits per heavy atom. The van der Waals surface area contributed by atoms with Crippen LogP contribution in [0, 0.1) is 0 Å². The second kappa shape index (κ2) is 7.16. The third-order valence-corrected chi connectivity index (χ3v) is 1.23. The maximum Gasteiger partial charge on any atom is 0.216 e. The molecule has 0 radical (unpaired) electrons. The number of benzene rings is 1. The first-order valence-electron chi connectivity index (χ1n) is 4.21. The number of carbonyl (C=O) groups excluding carboxylic acids is 1. The van der Waals surface area contributed by atoms with Gasteiger partial charge in [-0.2, -0.15) is 0 Å². The first-order chi connectivity index (χ1) is 6.16. The van der Waals surface area contributed by atoms with Gasteiger partial charge in [0, 0.05) is 19.2 Å². The molecule has 0 aromatic heterocycles. The monoisotopic (exact) mass is 180 g/mol. The van der Waals surface area contributed by atoms with Crippen LogP contribution < -0.4 is 11.1 Å². The largest absolute Gasteiger partial charge is 0.399 e. The summed E-state index contributed by atoms with van der Waals surface area (Å²) >= 11 is 0. The summed E-state index contributed by atoms with van der Waals surface area (Å²) in [4.78, 5) is 9.93. The number of nitrogens with one attached hydrogen (secondary N) is 1. The molecular formula is C10H16N2O. The standard InChI is InChI=1S/C6H7N.C4H9NO/c7-6-4-2-1-3-5-6;1-3-5-4(2)6/h1-5H,7H2;3H2,1-2H3,(H,5,6). The Kier molecular flexibility index (Phi) is 6.32. The van der Waals surface area contributed by atoms with Gasteiger partial charge in [-0.15, -0.1) is 0 Å². The van der Waals surface area contributed by atoms with Crippen LogP contribution in [0.4, 0.5) is 5.69 Å². The third kappa shape index (κ3) is 8.40. The Hall–Kier alpha value is -1.51. The van der Waals surface area contributed by atoms with Crippen molar-refractivity contribution < 1.29 is 4.79 Å². The van der Waals surface area contributed by atoms with E-state index >= 15 is 0 Å². The maximum absolute atomic E-state index is 9.93. The number of hydrogen-bond acceptors (Lipinski definition) is 2. The predicted octanol–water partition coefficient (Wildman–Crippen LogP) is 1.41. The number of hydrogen-bond donors (Lipinski definition) is 2. The summed E-state index contributed by atoms with van der Waals surface area (Å²) in [6.45, 7) is 4.13. The molecule has 0 spiro atoms. The molecule has 3 heteroatoms. The second-order valence-electron chi connectivity index (χ2n) is 2.50. The van der Waals surface area contributed by atoms with Gasteiger partial charge >= 0.3 is 0 Å². The highest BCUT2D eigenvalue weighted by molar-refractivity contribution is 5.72. The summed E-state index contributed by atoms with van der Waals surface area (Å²) in [5, 5.41) is 2.57. The van der Waals surface area contributed by atoms with E-state index in [2.05, 4.69) is 5.32 Å². The zero-order chi connectivity index (χ0) is 10.1. The highest BCUT2D eigenvalue weighted by atomic mass is 16.1. The quantitative estimate of drug-likeness (QED) is 0.642. The van der Waals surface area contributed by atoms with E-state index in [0.29, 0.717) is 0 Å². The molecule has 0 atom stereocenters. The summed E-state index contributed by atoms with van der Waals surface area (Å²) in [6, 6.07) is 9.49. The molecule has 3 N–H and O–H groups in total. The minimum atomic E-state index is 0.0394. The number of nitrogen functional groups attached to an aromatic ring is 1. The van der Waals surface area contributed by atoms with Crippen molar-refractivity contribution in [3.05, 3.63) is 30.3 Å². The summed E-state index contributed by atoms with van der Waals surface area (Å²) in [7, 11) is 0. The van der Waals surface area contributed by atoms with Crippen LogP contribution in [0.25, 0.3) is 0 Å². The van der Waals surface area contributed by atoms with Crippen molar-refractivity contribution in [3.8, 4) is 0 Å². The summed E-state index contributed by atoms with van der Waals surface area (Å²) in [6.07, 6.45) is 0. The Balaban J connectivity index is 0.000000226. The molecule has 1 rings (SSSR count). The lowest BCUT2D eigenvalue weighted by Gasteiger charge is -1.88. The normalized spacial score (nSPS) is 8.15. The van der Waals surface area contributed by atoms with Crippen molar-refractivity contribution in [3.63, 3.8) is 0 Å². The highest BCUT2D eigenvalue weighted by Gasteiger charge is 1.79. The second-order valence-corrected chi connectivity index (χ2v) is 2.50. The van der Waals surface area contributed by atoms with Crippen LogP contribution in [0.1, 0.15) is 13.8 Å². The molecule has 1 amide bonds. The molecule has 1 aromatic rings. The van der Waals surface area contributed by atoms with Crippen LogP contribution in [0.15, 0.2) is 30.3 Å². The number of nitrogens with two attached hydrogens (primary N) is 1. The van der Waals surface area contributed by atoms with Gasteiger partial charge < -0.3 is 11.1 Å². The van der Waals surface area contributed by atoms with Crippen LogP contribution in [0.3, 0.4) is 0 Å². The van der Waals surface area contributed by atoms with Crippen LogP contribution in [0.5, 0.6) is 0 Å². The smallest absolute Gasteiger partial charge is 0.216 e. The average Bonchev–Trinajstić information content (AvgIpc) is 2.06. The zero-order valence-electron chi connectivity index (χ0n) is 8.08. The van der Waals surface area contributed by atoms with Crippen LogP contribution in [-0.4, -0.2) is 12.5 Å². The lowest BCUT2D eigenvalue weighted by atomic mass is 10.3. The molecule has 0 fully saturated rings. The number of anilines is 1. The molecule has 0 saturated carbocycles. The van der Waals surface area contributed by atoms with Gasteiger partial charge in [0.05, 0.1) is 0 Å². The van der Waals surface area contributed by atoms with Gasteiger partial charge in [-0.3, -0.25) is 4.79 Å². The Morgan fingerprint density at radius 1 is 1.38 bits per heavy atom. The summed E-state index contributed by atoms with van der Waals surface area (Å²) in [5.74, 6) is 0.0394. The van der Waals surface area contributed by atoms with Crippen molar-refractivity contribution in [2.75, 3.05) is 12.3 Å². The lowest BCUT2D eigenvalue weighted by molar-refractivity contribution is -0.118. The summed E-state index contributed by atoms with van der Waals surface area (Å²) < 4.78 is 0. The fraction of sp³-hybridized carbons (Fsp3) is 0.300. The molecule has 1 aromatic carbocycles. The number of amides is 1. The van der Waals surface area contributed by atoms with Gasteiger partial charge in [-0.1, -0.05) is 18.2 Å². The van der Waals surface area contributed by atoms with Crippen molar-refractivity contribution in [2.45, 2.75) is 13.8 Å². The van der Waals surface area contributed by atoms with E-state index in [1.165, 1.54) is 6.92 Å². The molecule has 0 bridgehead atoms. The minimum absolute atomic E-state index is 0.0394. The molecule has 0 unspecified atom stereocenters. The SMILES string of the molecule is CCNC(C)=O.Nc1ccccc1. The van der Waals surface area contributed by atoms with Crippen LogP contribution in [-0.2, 0) is 4.79 Å². The van der Waals surface area contributed by atoms with E-state index in [9.17, 15) is 4.79 Å². The van der Waals surface area contributed by atoms with Crippen molar-refractivity contribution in [2.24, 2.45) is 0 Å². The van der Waals surface area contributed by atoms with Gasteiger partial charge in [-0.25, -0.2) is 0 Å². The van der Waals surface area contributed by atoms with E-state index in [1.54, 1.807) is 0 Å². The minimum Gasteiger partial charge on any atom is -0.399 e. The fourth-order valence-electron chi connectivity index (χ4n) is 0.702. The van der Waals surface area contributed by atoms with E-state index < -0.39 is 0 Å². The fourth-order valence-corrected chi connectivity index (χ4v) is 0.702. The van der Waals surface area contributed by atoms with Crippen LogP contribution >= 0.6 is 0 Å². The molecule has 0 aliphatic rings. The van der Waals surface area contributed by atoms with E-state index in [1.807, 2.05) is 37.3 Å².